The first-order valence-electron chi connectivity index (χ1n) is 5.29. The van der Waals surface area contributed by atoms with Crippen LogP contribution in [0.15, 0.2) is 23.1 Å². The number of hydrogen-bond donors (Lipinski definition) is 1. The van der Waals surface area contributed by atoms with Crippen molar-refractivity contribution in [2.24, 2.45) is 0 Å². The zero-order chi connectivity index (χ0) is 12.5. The van der Waals surface area contributed by atoms with E-state index in [1.54, 1.807) is 6.07 Å². The van der Waals surface area contributed by atoms with Gasteiger partial charge in [0.1, 0.15) is 0 Å². The Labute approximate surface area is 119 Å². The first-order chi connectivity index (χ1) is 7.98. The molecule has 0 radical (unpaired) electrons. The summed E-state index contributed by atoms with van der Waals surface area (Å²) in [6, 6.07) is 5.62. The summed E-state index contributed by atoms with van der Waals surface area (Å²) >= 11 is 15.3. The van der Waals surface area contributed by atoms with Gasteiger partial charge >= 0.3 is 3.12 Å². The fourth-order valence-electron chi connectivity index (χ4n) is 1.89. The lowest BCUT2D eigenvalue weighted by atomic mass is 10.0. The molecule has 94 valence electrons. The van der Waals surface area contributed by atoms with Crippen molar-refractivity contribution in [2.45, 2.75) is 27.4 Å². The van der Waals surface area contributed by atoms with E-state index < -0.39 is 14.3 Å². The molecule has 0 aliphatic carbocycles. The Morgan fingerprint density at radius 3 is 2.71 bits per heavy atom. The molecule has 1 atom stereocenters. The van der Waals surface area contributed by atoms with Crippen LogP contribution in [-0.2, 0) is 24.1 Å². The average molecular weight is 313 g/mol. The topological polar surface area (TPSA) is 35.1 Å². The summed E-state index contributed by atoms with van der Waals surface area (Å²) in [5, 5.41) is 3.31. The molecule has 6 heteroatoms. The number of fused-ring (bicyclic) bond motifs is 1. The minimum absolute atomic E-state index is 0.562. The Morgan fingerprint density at radius 2 is 2.00 bits per heavy atom. The molecule has 1 aromatic carbocycles. The molecule has 1 aliphatic rings. The van der Waals surface area contributed by atoms with Crippen molar-refractivity contribution in [3.63, 3.8) is 0 Å². The van der Waals surface area contributed by atoms with E-state index in [4.69, 9.17) is 34.8 Å². The van der Waals surface area contributed by atoms with Crippen LogP contribution in [0.1, 0.15) is 17.5 Å². The summed E-state index contributed by atoms with van der Waals surface area (Å²) in [6.07, 6.45) is 2.14. The highest BCUT2D eigenvalue weighted by atomic mass is 35.6. The normalized spacial score (nSPS) is 18.4. The second-order valence-electron chi connectivity index (χ2n) is 3.93. The second-order valence-corrected chi connectivity index (χ2v) is 8.50. The van der Waals surface area contributed by atoms with Gasteiger partial charge in [0.05, 0.1) is 0 Å². The van der Waals surface area contributed by atoms with E-state index in [0.29, 0.717) is 4.90 Å². The van der Waals surface area contributed by atoms with E-state index >= 15 is 0 Å². The molecule has 1 aliphatic heterocycles. The second kappa shape index (κ2) is 5.55. The third-order valence-corrected chi connectivity index (χ3v) is 5.08. The lowest BCUT2D eigenvalue weighted by Crippen LogP contribution is -2.20. The molecule has 0 amide bonds. The molecule has 17 heavy (non-hydrogen) atoms. The first-order valence-corrected chi connectivity index (χ1v) is 7.58. The summed E-state index contributed by atoms with van der Waals surface area (Å²) in [4.78, 5) is 0.562. The maximum Gasteiger partial charge on any atom is 0.355 e. The Bertz CT molecular complexity index is 408. The number of rotatable bonds is 1. The van der Waals surface area contributed by atoms with Crippen molar-refractivity contribution in [1.29, 1.82) is 0 Å². The van der Waals surface area contributed by atoms with Gasteiger partial charge in [0.25, 0.3) is 0 Å². The molecular weight excluding hydrogens is 301 g/mol. The van der Waals surface area contributed by atoms with E-state index in [1.165, 1.54) is 5.56 Å². The molecule has 0 aromatic heterocycles. The van der Waals surface area contributed by atoms with Crippen LogP contribution in [0.4, 0.5) is 0 Å². The minimum atomic E-state index is -1.77. The quantitative estimate of drug-likeness (QED) is 0.638. The average Bonchev–Trinajstić information content (AvgIpc) is 2.50. The van der Waals surface area contributed by atoms with E-state index in [-0.39, 0.29) is 0 Å². The highest BCUT2D eigenvalue weighted by Crippen LogP contribution is 2.38. The predicted molar refractivity (Wildman–Crippen MR) is 73.2 cm³/mol. The minimum Gasteiger partial charge on any atom is -0.608 e. The van der Waals surface area contributed by atoms with E-state index in [1.807, 2.05) is 12.1 Å². The van der Waals surface area contributed by atoms with Crippen molar-refractivity contribution in [3.05, 3.63) is 29.3 Å². The fraction of sp³-hybridized carbons (Fsp3) is 0.455. The zero-order valence-electron chi connectivity index (χ0n) is 9.01. The van der Waals surface area contributed by atoms with Crippen LogP contribution in [0.5, 0.6) is 0 Å². The van der Waals surface area contributed by atoms with Gasteiger partial charge in [-0.1, -0.05) is 6.07 Å². The first kappa shape index (κ1) is 13.8. The van der Waals surface area contributed by atoms with Crippen molar-refractivity contribution < 1.29 is 4.55 Å². The van der Waals surface area contributed by atoms with Crippen molar-refractivity contribution >= 4 is 46.0 Å². The molecule has 1 heterocycles. The summed E-state index contributed by atoms with van der Waals surface area (Å²) < 4.78 is 10.2. The van der Waals surface area contributed by atoms with Gasteiger partial charge in [0, 0.05) is 17.7 Å². The Hall–Kier alpha value is 0.360. The Morgan fingerprint density at radius 1 is 1.24 bits per heavy atom. The summed E-state index contributed by atoms with van der Waals surface area (Å²) in [5.41, 5.74) is 2.42. The molecular formula is C11H12Cl3NOS. The lowest BCUT2D eigenvalue weighted by molar-refractivity contribution is 0.595. The van der Waals surface area contributed by atoms with Crippen molar-refractivity contribution in [3.8, 4) is 0 Å². The molecule has 1 unspecified atom stereocenters. The number of nitrogens with one attached hydrogen (secondary N) is 1. The summed E-state index contributed by atoms with van der Waals surface area (Å²) in [7, 11) is 0. The Kier molecular flexibility index (Phi) is 4.50. The molecule has 0 spiro atoms. The van der Waals surface area contributed by atoms with Gasteiger partial charge in [0.15, 0.2) is 4.90 Å². The molecule has 0 saturated carbocycles. The number of aryl methyl sites for hydroxylation is 1. The van der Waals surface area contributed by atoms with E-state index in [2.05, 4.69) is 5.32 Å². The number of alkyl halides is 3. The third kappa shape index (κ3) is 3.43. The van der Waals surface area contributed by atoms with Gasteiger partial charge in [-0.15, -0.1) is 0 Å². The fourth-order valence-corrected chi connectivity index (χ4v) is 3.40. The van der Waals surface area contributed by atoms with Crippen LogP contribution in [0.2, 0.25) is 0 Å². The van der Waals surface area contributed by atoms with Crippen LogP contribution >= 0.6 is 34.8 Å². The highest BCUT2D eigenvalue weighted by Gasteiger charge is 2.37. The van der Waals surface area contributed by atoms with Crippen molar-refractivity contribution in [1.82, 2.24) is 5.32 Å². The van der Waals surface area contributed by atoms with Crippen LogP contribution in [-0.4, -0.2) is 14.2 Å². The highest BCUT2D eigenvalue weighted by molar-refractivity contribution is 7.97. The lowest BCUT2D eigenvalue weighted by Gasteiger charge is -2.18. The van der Waals surface area contributed by atoms with E-state index in [0.717, 1.165) is 31.5 Å². The Balaban J connectivity index is 2.29. The largest absolute Gasteiger partial charge is 0.608 e. The molecule has 1 N–H and O–H groups in total. The standard InChI is InChI=1S/C11H12Cl3NOS/c12-11(13,14)17(16)10-4-3-8-2-1-5-15-7-9(8)6-10/h3-4,6,15H,1-2,5,7H2. The molecule has 0 bridgehead atoms. The molecule has 1 aromatic rings. The molecule has 0 fully saturated rings. The van der Waals surface area contributed by atoms with Crippen LogP contribution in [0.25, 0.3) is 0 Å². The predicted octanol–water partition coefficient (Wildman–Crippen LogP) is 3.16. The number of hydrogen-bond acceptors (Lipinski definition) is 2. The molecule has 0 saturated heterocycles. The van der Waals surface area contributed by atoms with Gasteiger partial charge in [0.2, 0.25) is 0 Å². The maximum absolute atomic E-state index is 11.9. The van der Waals surface area contributed by atoms with Crippen LogP contribution in [0.3, 0.4) is 0 Å². The SMILES string of the molecule is [O-][S+](c1ccc2c(c1)CNCCC2)C(Cl)(Cl)Cl. The van der Waals surface area contributed by atoms with Crippen LogP contribution < -0.4 is 5.32 Å². The maximum atomic E-state index is 11.9. The van der Waals surface area contributed by atoms with Gasteiger partial charge in [-0.05, 0) is 77.4 Å². The molecule has 2 nitrogen and oxygen atoms in total. The smallest absolute Gasteiger partial charge is 0.355 e. The monoisotopic (exact) mass is 311 g/mol. The van der Waals surface area contributed by atoms with Gasteiger partial charge in [-0.2, -0.15) is 0 Å². The van der Waals surface area contributed by atoms with E-state index in [9.17, 15) is 4.55 Å². The third-order valence-electron chi connectivity index (χ3n) is 2.72. The molecule has 2 rings (SSSR count). The number of halogens is 3. The van der Waals surface area contributed by atoms with Gasteiger partial charge in [-0.25, -0.2) is 0 Å². The number of benzene rings is 1. The summed E-state index contributed by atoms with van der Waals surface area (Å²) in [6.45, 7) is 1.78. The van der Waals surface area contributed by atoms with Gasteiger partial charge < -0.3 is 9.87 Å². The van der Waals surface area contributed by atoms with Crippen molar-refractivity contribution in [2.75, 3.05) is 6.54 Å². The summed E-state index contributed by atoms with van der Waals surface area (Å²) in [5.74, 6) is 0. The van der Waals surface area contributed by atoms with Gasteiger partial charge in [-0.3, -0.25) is 0 Å². The zero-order valence-corrected chi connectivity index (χ0v) is 12.1. The van der Waals surface area contributed by atoms with Crippen LogP contribution in [0, 0.1) is 0 Å².